The molecule has 0 bridgehead atoms. The Kier molecular flexibility index (Phi) is 2.74. The maximum atomic E-state index is 12.5. The van der Waals surface area contributed by atoms with E-state index < -0.39 is 24.6 Å². The molecule has 10 heavy (non-hydrogen) atoms. The zero-order chi connectivity index (χ0) is 8.41. The molecule has 4 heteroatoms. The molecule has 0 aliphatic carbocycles. The first-order valence-corrected chi connectivity index (χ1v) is 3.02. The van der Waals surface area contributed by atoms with Crippen molar-refractivity contribution in [3.63, 3.8) is 0 Å². The lowest BCUT2D eigenvalue weighted by Crippen LogP contribution is -2.43. The molecule has 0 aromatic rings. The lowest BCUT2D eigenvalue weighted by molar-refractivity contribution is -0.169. The number of alkyl halides is 2. The molecule has 0 aliphatic rings. The molecule has 0 rings (SSSR count). The summed E-state index contributed by atoms with van der Waals surface area (Å²) < 4.78 is 25.0. The maximum absolute atomic E-state index is 12.5. The Morgan fingerprint density at radius 3 is 1.80 bits per heavy atom. The van der Waals surface area contributed by atoms with Gasteiger partial charge in [0.1, 0.15) is 5.60 Å². The summed E-state index contributed by atoms with van der Waals surface area (Å²) in [4.78, 5) is 0. The van der Waals surface area contributed by atoms with E-state index in [2.05, 4.69) is 0 Å². The molecule has 0 radical (unpaired) electrons. The monoisotopic (exact) mass is 154 g/mol. The highest BCUT2D eigenvalue weighted by Crippen LogP contribution is 2.30. The van der Waals surface area contributed by atoms with Gasteiger partial charge in [0.15, 0.2) is 0 Å². The number of rotatable bonds is 3. The maximum Gasteiger partial charge on any atom is 0.277 e. The summed E-state index contributed by atoms with van der Waals surface area (Å²) in [6.07, 6.45) is -0.698. The molecule has 62 valence electrons. The van der Waals surface area contributed by atoms with Crippen molar-refractivity contribution in [3.05, 3.63) is 0 Å². The zero-order valence-corrected chi connectivity index (χ0v) is 6.06. The van der Waals surface area contributed by atoms with Gasteiger partial charge in [0.25, 0.3) is 5.92 Å². The van der Waals surface area contributed by atoms with Crippen LogP contribution < -0.4 is 0 Å². The fourth-order valence-corrected chi connectivity index (χ4v) is 0.446. The largest absolute Gasteiger partial charge is 0.396 e. The molecule has 0 saturated carbocycles. The Balaban J connectivity index is 4.10. The summed E-state index contributed by atoms with van der Waals surface area (Å²) in [7, 11) is 0. The quantitative estimate of drug-likeness (QED) is 0.630. The Bertz CT molecular complexity index is 107. The SMILES string of the molecule is CC(C)(O)C(F)(F)CCO. The molecule has 0 unspecified atom stereocenters. The van der Waals surface area contributed by atoms with Crippen LogP contribution in [0.2, 0.25) is 0 Å². The summed E-state index contributed by atoms with van der Waals surface area (Å²) in [6.45, 7) is 1.42. The van der Waals surface area contributed by atoms with E-state index in [-0.39, 0.29) is 0 Å². The second-order valence-corrected chi connectivity index (χ2v) is 2.74. The molecule has 0 aliphatic heterocycles. The van der Waals surface area contributed by atoms with Crippen LogP contribution in [0.5, 0.6) is 0 Å². The minimum atomic E-state index is -3.21. The molecule has 0 spiro atoms. The standard InChI is InChI=1S/C6H12F2O2/c1-5(2,10)6(7,8)3-4-9/h9-10H,3-4H2,1-2H3. The van der Waals surface area contributed by atoms with E-state index in [4.69, 9.17) is 10.2 Å². The van der Waals surface area contributed by atoms with E-state index in [0.717, 1.165) is 13.8 Å². The molecule has 0 saturated heterocycles. The van der Waals surface area contributed by atoms with Crippen molar-refractivity contribution in [2.45, 2.75) is 31.8 Å². The average molecular weight is 154 g/mol. The highest BCUT2D eigenvalue weighted by atomic mass is 19.3. The van der Waals surface area contributed by atoms with Gasteiger partial charge < -0.3 is 10.2 Å². The van der Waals surface area contributed by atoms with Crippen LogP contribution >= 0.6 is 0 Å². The van der Waals surface area contributed by atoms with Crippen LogP contribution in [0, 0.1) is 0 Å². The molecular formula is C6H12F2O2. The Hall–Kier alpha value is -0.220. The van der Waals surface area contributed by atoms with Gasteiger partial charge in [0.05, 0.1) is 0 Å². The fraction of sp³-hybridized carbons (Fsp3) is 1.00. The third-order valence-electron chi connectivity index (χ3n) is 1.32. The summed E-state index contributed by atoms with van der Waals surface area (Å²) in [5.41, 5.74) is -2.05. The van der Waals surface area contributed by atoms with E-state index in [1.54, 1.807) is 0 Å². The van der Waals surface area contributed by atoms with Gasteiger partial charge in [0, 0.05) is 13.0 Å². The molecule has 2 nitrogen and oxygen atoms in total. The second kappa shape index (κ2) is 2.80. The molecule has 0 fully saturated rings. The van der Waals surface area contributed by atoms with Gasteiger partial charge in [0.2, 0.25) is 0 Å². The predicted molar refractivity (Wildman–Crippen MR) is 32.9 cm³/mol. The molecule has 0 atom stereocenters. The van der Waals surface area contributed by atoms with Crippen molar-refractivity contribution in [2.24, 2.45) is 0 Å². The van der Waals surface area contributed by atoms with Crippen LogP contribution in [0.1, 0.15) is 20.3 Å². The highest BCUT2D eigenvalue weighted by Gasteiger charge is 2.44. The van der Waals surface area contributed by atoms with Gasteiger partial charge in [-0.25, -0.2) is 8.78 Å². The number of halogens is 2. The van der Waals surface area contributed by atoms with Crippen LogP contribution in [0.4, 0.5) is 8.78 Å². The summed E-state index contributed by atoms with van der Waals surface area (Å²) in [5, 5.41) is 17.0. The topological polar surface area (TPSA) is 40.5 Å². The predicted octanol–water partition coefficient (Wildman–Crippen LogP) is 0.775. The number of aliphatic hydroxyl groups is 2. The van der Waals surface area contributed by atoms with Gasteiger partial charge in [-0.2, -0.15) is 0 Å². The highest BCUT2D eigenvalue weighted by molar-refractivity contribution is 4.84. The van der Waals surface area contributed by atoms with E-state index in [1.807, 2.05) is 0 Å². The van der Waals surface area contributed by atoms with E-state index >= 15 is 0 Å². The third-order valence-corrected chi connectivity index (χ3v) is 1.32. The van der Waals surface area contributed by atoms with Crippen LogP contribution in [0.15, 0.2) is 0 Å². The van der Waals surface area contributed by atoms with Gasteiger partial charge in [-0.1, -0.05) is 0 Å². The Morgan fingerprint density at radius 1 is 1.30 bits per heavy atom. The van der Waals surface area contributed by atoms with Crippen LogP contribution in [0.25, 0.3) is 0 Å². The van der Waals surface area contributed by atoms with Crippen LogP contribution in [-0.4, -0.2) is 28.3 Å². The Labute approximate surface area is 58.5 Å². The third kappa shape index (κ3) is 2.19. The van der Waals surface area contributed by atoms with Crippen LogP contribution in [0.3, 0.4) is 0 Å². The average Bonchev–Trinajstić information content (AvgIpc) is 1.61. The van der Waals surface area contributed by atoms with Crippen molar-refractivity contribution in [2.75, 3.05) is 6.61 Å². The zero-order valence-electron chi connectivity index (χ0n) is 6.06. The summed E-state index contributed by atoms with van der Waals surface area (Å²) in [6, 6.07) is 0. The first kappa shape index (κ1) is 9.78. The van der Waals surface area contributed by atoms with Crippen LogP contribution in [-0.2, 0) is 0 Å². The van der Waals surface area contributed by atoms with Gasteiger partial charge >= 0.3 is 0 Å². The van der Waals surface area contributed by atoms with Gasteiger partial charge in [-0.05, 0) is 13.8 Å². The van der Waals surface area contributed by atoms with Crippen molar-refractivity contribution in [1.29, 1.82) is 0 Å². The minimum Gasteiger partial charge on any atom is -0.396 e. The normalized spacial score (nSPS) is 13.8. The first-order chi connectivity index (χ1) is 4.31. The van der Waals surface area contributed by atoms with E-state index in [9.17, 15) is 8.78 Å². The van der Waals surface area contributed by atoms with Crippen molar-refractivity contribution < 1.29 is 19.0 Å². The summed E-state index contributed by atoms with van der Waals surface area (Å²) >= 11 is 0. The van der Waals surface area contributed by atoms with Crippen molar-refractivity contribution in [3.8, 4) is 0 Å². The lowest BCUT2D eigenvalue weighted by atomic mass is 9.98. The van der Waals surface area contributed by atoms with E-state index in [0.29, 0.717) is 0 Å². The number of hydrogen-bond donors (Lipinski definition) is 2. The first-order valence-electron chi connectivity index (χ1n) is 3.02. The number of hydrogen-bond acceptors (Lipinski definition) is 2. The van der Waals surface area contributed by atoms with Crippen molar-refractivity contribution >= 4 is 0 Å². The molecule has 0 heterocycles. The minimum absolute atomic E-state index is 0.614. The molecule has 2 N–H and O–H groups in total. The van der Waals surface area contributed by atoms with Gasteiger partial charge in [-0.15, -0.1) is 0 Å². The molecule has 0 amide bonds. The second-order valence-electron chi connectivity index (χ2n) is 2.74. The van der Waals surface area contributed by atoms with Gasteiger partial charge in [-0.3, -0.25) is 0 Å². The smallest absolute Gasteiger partial charge is 0.277 e. The Morgan fingerprint density at radius 2 is 1.70 bits per heavy atom. The molecule has 0 aromatic heterocycles. The summed E-state index contributed by atoms with van der Waals surface area (Å²) in [5.74, 6) is -3.21. The van der Waals surface area contributed by atoms with E-state index in [1.165, 1.54) is 0 Å². The number of aliphatic hydroxyl groups excluding tert-OH is 1. The lowest BCUT2D eigenvalue weighted by Gasteiger charge is -2.28. The molecular weight excluding hydrogens is 142 g/mol. The fourth-order valence-electron chi connectivity index (χ4n) is 0.446. The van der Waals surface area contributed by atoms with Crippen molar-refractivity contribution in [1.82, 2.24) is 0 Å². The molecule has 0 aromatic carbocycles.